The van der Waals surface area contributed by atoms with E-state index in [4.69, 9.17) is 0 Å². The number of aromatic nitrogens is 1. The van der Waals surface area contributed by atoms with Crippen LogP contribution in [0.3, 0.4) is 0 Å². The first-order valence-electron chi connectivity index (χ1n) is 10.5. The minimum atomic E-state index is -0.0556. The molecular formula is C23H26N4O2. The molecule has 1 N–H and O–H groups in total. The number of rotatable bonds is 4. The Hall–Kier alpha value is -2.89. The molecule has 1 aromatic heterocycles. The van der Waals surface area contributed by atoms with Crippen molar-refractivity contribution in [2.75, 3.05) is 31.5 Å². The Morgan fingerprint density at radius 3 is 2.34 bits per heavy atom. The minimum absolute atomic E-state index is 0.0556. The van der Waals surface area contributed by atoms with E-state index >= 15 is 0 Å². The van der Waals surface area contributed by atoms with Crippen LogP contribution in [-0.4, -0.2) is 52.9 Å². The van der Waals surface area contributed by atoms with E-state index in [1.54, 1.807) is 6.20 Å². The van der Waals surface area contributed by atoms with Crippen LogP contribution in [0, 0.1) is 5.92 Å². The fraction of sp³-hybridized carbons (Fsp3) is 0.435. The summed E-state index contributed by atoms with van der Waals surface area (Å²) in [4.78, 5) is 32.7. The Balaban J connectivity index is 1.12. The van der Waals surface area contributed by atoms with Gasteiger partial charge in [-0.3, -0.25) is 9.78 Å². The number of urea groups is 1. The Bertz CT molecular complexity index is 889. The zero-order valence-corrected chi connectivity index (χ0v) is 16.5. The third-order valence-electron chi connectivity index (χ3n) is 6.38. The van der Waals surface area contributed by atoms with Crippen LogP contribution in [0.5, 0.6) is 0 Å². The zero-order valence-electron chi connectivity index (χ0n) is 16.5. The van der Waals surface area contributed by atoms with E-state index in [-0.39, 0.29) is 6.03 Å². The van der Waals surface area contributed by atoms with Gasteiger partial charge < -0.3 is 15.1 Å². The van der Waals surface area contributed by atoms with Crippen LogP contribution >= 0.6 is 0 Å². The van der Waals surface area contributed by atoms with Crippen molar-refractivity contribution in [1.82, 2.24) is 14.8 Å². The van der Waals surface area contributed by atoms with Crippen molar-refractivity contribution >= 4 is 17.6 Å². The van der Waals surface area contributed by atoms with Crippen LogP contribution in [0.1, 0.15) is 42.2 Å². The van der Waals surface area contributed by atoms with Crippen molar-refractivity contribution < 1.29 is 9.59 Å². The van der Waals surface area contributed by atoms with Gasteiger partial charge in [0.15, 0.2) is 0 Å². The smallest absolute Gasteiger partial charge is 0.321 e. The minimum Gasteiger partial charge on any atom is -0.342 e. The highest BCUT2D eigenvalue weighted by Crippen LogP contribution is 2.35. The molecule has 1 aliphatic carbocycles. The number of hydrogen-bond acceptors (Lipinski definition) is 3. The van der Waals surface area contributed by atoms with Crippen LogP contribution in [0.15, 0.2) is 48.8 Å². The molecule has 1 unspecified atom stereocenters. The van der Waals surface area contributed by atoms with Crippen molar-refractivity contribution in [2.24, 2.45) is 5.92 Å². The topological polar surface area (TPSA) is 65.5 Å². The maximum absolute atomic E-state index is 12.5. The molecule has 1 atom stereocenters. The number of carbonyl (C=O) groups excluding carboxylic acids is 2. The van der Waals surface area contributed by atoms with Crippen molar-refractivity contribution in [1.29, 1.82) is 0 Å². The lowest BCUT2D eigenvalue weighted by atomic mass is 9.93. The zero-order chi connectivity index (χ0) is 19.8. The van der Waals surface area contributed by atoms with Crippen molar-refractivity contribution in [2.45, 2.75) is 31.1 Å². The van der Waals surface area contributed by atoms with Crippen molar-refractivity contribution in [3.8, 4) is 0 Å². The average Bonchev–Trinajstić information content (AvgIpc) is 3.44. The first-order chi connectivity index (χ1) is 14.2. The summed E-state index contributed by atoms with van der Waals surface area (Å²) in [5, 5.41) is 2.99. The highest BCUT2D eigenvalue weighted by molar-refractivity contribution is 5.90. The lowest BCUT2D eigenvalue weighted by Gasteiger charge is -2.39. The number of pyridine rings is 1. The number of nitrogens with one attached hydrogen (secondary N) is 1. The Kier molecular flexibility index (Phi) is 4.70. The lowest BCUT2D eigenvalue weighted by molar-refractivity contribution is -0.131. The van der Waals surface area contributed by atoms with Crippen LogP contribution in [0.4, 0.5) is 10.5 Å². The van der Waals surface area contributed by atoms with Gasteiger partial charge in [-0.05, 0) is 48.6 Å². The molecule has 3 fully saturated rings. The lowest BCUT2D eigenvalue weighted by Crippen LogP contribution is -2.50. The third-order valence-corrected chi connectivity index (χ3v) is 6.38. The summed E-state index contributed by atoms with van der Waals surface area (Å²) in [6, 6.07) is 12.0. The standard InChI is InChI=1S/C23H26N4O2/c28-22(17-3-4-17)26-11-9-19(13-26)16-5-7-21(8-6-16)25-23(29)27-14-20(15-27)18-2-1-10-24-12-18/h1-2,5-8,10,12,17,19-20H,3-4,9,11,13-15H2,(H,25,29). The van der Waals surface area contributed by atoms with Gasteiger partial charge in [0.25, 0.3) is 0 Å². The maximum Gasteiger partial charge on any atom is 0.321 e. The maximum atomic E-state index is 12.5. The molecule has 0 radical (unpaired) electrons. The van der Waals surface area contributed by atoms with E-state index in [2.05, 4.69) is 28.5 Å². The Morgan fingerprint density at radius 1 is 0.897 bits per heavy atom. The van der Waals surface area contributed by atoms with E-state index < -0.39 is 0 Å². The Labute approximate surface area is 170 Å². The largest absolute Gasteiger partial charge is 0.342 e. The van der Waals surface area contributed by atoms with Gasteiger partial charge in [0.05, 0.1) is 0 Å². The molecule has 0 bridgehead atoms. The quantitative estimate of drug-likeness (QED) is 0.870. The fourth-order valence-corrected chi connectivity index (χ4v) is 4.33. The number of amides is 3. The van der Waals surface area contributed by atoms with E-state index in [0.29, 0.717) is 23.7 Å². The summed E-state index contributed by atoms with van der Waals surface area (Å²) in [5.41, 5.74) is 3.24. The average molecular weight is 390 g/mol. The van der Waals surface area contributed by atoms with Gasteiger partial charge >= 0.3 is 6.03 Å². The van der Waals surface area contributed by atoms with Crippen LogP contribution in [0.2, 0.25) is 0 Å². The van der Waals surface area contributed by atoms with Gasteiger partial charge in [-0.15, -0.1) is 0 Å². The number of likely N-dealkylation sites (tertiary alicyclic amines) is 2. The summed E-state index contributed by atoms with van der Waals surface area (Å²) < 4.78 is 0. The first-order valence-corrected chi connectivity index (χ1v) is 10.5. The molecule has 2 saturated heterocycles. The second-order valence-electron chi connectivity index (χ2n) is 8.48. The molecule has 6 nitrogen and oxygen atoms in total. The Morgan fingerprint density at radius 2 is 1.66 bits per heavy atom. The predicted octanol–water partition coefficient (Wildman–Crippen LogP) is 3.44. The predicted molar refractivity (Wildman–Crippen MR) is 111 cm³/mol. The van der Waals surface area contributed by atoms with Crippen LogP contribution < -0.4 is 5.32 Å². The highest BCUT2D eigenvalue weighted by atomic mass is 16.2. The molecule has 150 valence electrons. The van der Waals surface area contributed by atoms with Crippen molar-refractivity contribution in [3.05, 3.63) is 59.9 Å². The van der Waals surface area contributed by atoms with E-state index in [1.165, 1.54) is 11.1 Å². The number of nitrogens with zero attached hydrogens (tertiary/aromatic N) is 3. The molecule has 3 amide bonds. The molecule has 1 saturated carbocycles. The van der Waals surface area contributed by atoms with E-state index in [1.807, 2.05) is 34.2 Å². The molecule has 29 heavy (non-hydrogen) atoms. The van der Waals surface area contributed by atoms with Gasteiger partial charge in [0, 0.05) is 62.0 Å². The molecule has 0 spiro atoms. The van der Waals surface area contributed by atoms with E-state index in [0.717, 1.165) is 51.1 Å². The number of carbonyl (C=O) groups is 2. The highest BCUT2D eigenvalue weighted by Gasteiger charge is 2.37. The summed E-state index contributed by atoms with van der Waals surface area (Å²) in [7, 11) is 0. The second-order valence-corrected chi connectivity index (χ2v) is 8.48. The number of hydrogen-bond donors (Lipinski definition) is 1. The van der Waals surface area contributed by atoms with Gasteiger partial charge in [0.2, 0.25) is 5.91 Å². The summed E-state index contributed by atoms with van der Waals surface area (Å²) in [6.45, 7) is 3.14. The first kappa shape index (κ1) is 18.2. The SMILES string of the molecule is O=C(Nc1ccc(C2CCN(C(=O)C3CC3)C2)cc1)N1CC(c2cccnc2)C1. The molecule has 2 aromatic rings. The van der Waals surface area contributed by atoms with Crippen molar-refractivity contribution in [3.63, 3.8) is 0 Å². The molecule has 2 aliphatic heterocycles. The summed E-state index contributed by atoms with van der Waals surface area (Å²) in [6.07, 6.45) is 6.79. The molecule has 1 aromatic carbocycles. The molecule has 5 rings (SSSR count). The molecule has 3 aliphatic rings. The summed E-state index contributed by atoms with van der Waals surface area (Å²) >= 11 is 0. The fourth-order valence-electron chi connectivity index (χ4n) is 4.33. The van der Waals surface area contributed by atoms with Gasteiger partial charge in [-0.25, -0.2) is 4.79 Å². The molecule has 3 heterocycles. The van der Waals surface area contributed by atoms with Crippen LogP contribution in [-0.2, 0) is 4.79 Å². The normalized spacial score (nSPS) is 21.7. The number of anilines is 1. The van der Waals surface area contributed by atoms with Gasteiger partial charge in [0.1, 0.15) is 0 Å². The molecular weight excluding hydrogens is 364 g/mol. The summed E-state index contributed by atoms with van der Waals surface area (Å²) in [5.74, 6) is 1.42. The van der Waals surface area contributed by atoms with Crippen LogP contribution in [0.25, 0.3) is 0 Å². The van der Waals surface area contributed by atoms with Gasteiger partial charge in [-0.2, -0.15) is 0 Å². The van der Waals surface area contributed by atoms with E-state index in [9.17, 15) is 9.59 Å². The monoisotopic (exact) mass is 390 g/mol. The third kappa shape index (κ3) is 3.84. The number of benzene rings is 1. The molecule has 6 heteroatoms. The second kappa shape index (κ2) is 7.50. The van der Waals surface area contributed by atoms with Gasteiger partial charge in [-0.1, -0.05) is 18.2 Å².